The van der Waals surface area contributed by atoms with Crippen molar-refractivity contribution in [2.24, 2.45) is 0 Å². The minimum absolute atomic E-state index is 0.0650. The van der Waals surface area contributed by atoms with Crippen molar-refractivity contribution in [3.8, 4) is 17.2 Å². The maximum atomic E-state index is 12.2. The van der Waals surface area contributed by atoms with E-state index in [0.717, 1.165) is 11.1 Å². The number of nitrogens with one attached hydrogen (secondary N) is 1. The summed E-state index contributed by atoms with van der Waals surface area (Å²) in [5.41, 5.74) is 2.04. The van der Waals surface area contributed by atoms with Gasteiger partial charge in [-0.05, 0) is 42.3 Å². The van der Waals surface area contributed by atoms with Gasteiger partial charge in [0.05, 0.1) is 26.9 Å². The van der Waals surface area contributed by atoms with E-state index >= 15 is 0 Å². The summed E-state index contributed by atoms with van der Waals surface area (Å²) in [5.74, 6) is 0.635. The van der Waals surface area contributed by atoms with Gasteiger partial charge in [0.1, 0.15) is 18.9 Å². The predicted octanol–water partition coefficient (Wildman–Crippen LogP) is 2.49. The van der Waals surface area contributed by atoms with Gasteiger partial charge in [-0.3, -0.25) is 9.59 Å². The Morgan fingerprint density at radius 2 is 1.56 bits per heavy atom. The van der Waals surface area contributed by atoms with Crippen LogP contribution >= 0.6 is 0 Å². The lowest BCUT2D eigenvalue weighted by atomic mass is 10.1. The number of hydrogen-bond acceptors (Lipinski definition) is 6. The van der Waals surface area contributed by atoms with Gasteiger partial charge in [0.2, 0.25) is 0 Å². The van der Waals surface area contributed by atoms with Crippen molar-refractivity contribution in [2.75, 3.05) is 27.9 Å². The van der Waals surface area contributed by atoms with Gasteiger partial charge in [-0.25, -0.2) is 0 Å². The lowest BCUT2D eigenvalue weighted by Gasteiger charge is -2.13. The molecule has 7 heteroatoms. The minimum Gasteiger partial charge on any atom is -0.496 e. The summed E-state index contributed by atoms with van der Waals surface area (Å²) in [6.45, 7) is 1.70. The number of ether oxygens (including phenoxy) is 4. The molecule has 27 heavy (non-hydrogen) atoms. The fourth-order valence-corrected chi connectivity index (χ4v) is 2.47. The zero-order valence-electron chi connectivity index (χ0n) is 15.8. The molecule has 7 nitrogen and oxygen atoms in total. The van der Waals surface area contributed by atoms with Crippen molar-refractivity contribution in [3.05, 3.63) is 53.1 Å². The number of amides is 1. The third kappa shape index (κ3) is 5.13. The van der Waals surface area contributed by atoms with Gasteiger partial charge in [0, 0.05) is 0 Å². The largest absolute Gasteiger partial charge is 0.496 e. The van der Waals surface area contributed by atoms with Crippen LogP contribution in [0.2, 0.25) is 0 Å². The van der Waals surface area contributed by atoms with Crippen LogP contribution in [0.3, 0.4) is 0 Å². The number of rotatable bonds is 8. The average molecular weight is 373 g/mol. The Kier molecular flexibility index (Phi) is 7.05. The maximum absolute atomic E-state index is 12.2. The Morgan fingerprint density at radius 1 is 0.926 bits per heavy atom. The summed E-state index contributed by atoms with van der Waals surface area (Å²) in [6, 6.07) is 10.3. The second-order valence-corrected chi connectivity index (χ2v) is 5.68. The highest BCUT2D eigenvalue weighted by molar-refractivity contribution is 5.98. The molecule has 0 heterocycles. The van der Waals surface area contributed by atoms with Crippen LogP contribution in [0, 0.1) is 6.92 Å². The summed E-state index contributed by atoms with van der Waals surface area (Å²) in [6.07, 6.45) is 0. The number of para-hydroxylation sites is 1. The highest BCUT2D eigenvalue weighted by atomic mass is 16.5. The molecule has 0 aliphatic heterocycles. The van der Waals surface area contributed by atoms with E-state index in [1.807, 2.05) is 13.0 Å². The van der Waals surface area contributed by atoms with Gasteiger partial charge in [-0.15, -0.1) is 0 Å². The first-order valence-corrected chi connectivity index (χ1v) is 8.28. The molecule has 0 aliphatic carbocycles. The average Bonchev–Trinajstić information content (AvgIpc) is 2.70. The molecule has 0 aliphatic rings. The van der Waals surface area contributed by atoms with Crippen molar-refractivity contribution in [1.29, 1.82) is 0 Å². The van der Waals surface area contributed by atoms with Crippen LogP contribution in [-0.2, 0) is 16.1 Å². The molecule has 1 N–H and O–H groups in total. The van der Waals surface area contributed by atoms with Crippen molar-refractivity contribution < 1.29 is 28.5 Å². The first kappa shape index (κ1) is 20.1. The molecule has 0 spiro atoms. The quantitative estimate of drug-likeness (QED) is 0.716. The standard InChI is InChI=1S/C20H23NO6/c1-13-9-17(25-3)18(26-4)10-14(13)12-27-19(22)11-21-20(23)15-7-5-6-8-16(15)24-2/h5-10H,11-12H2,1-4H3,(H,21,23). The van der Waals surface area contributed by atoms with Crippen LogP contribution in [0.5, 0.6) is 17.2 Å². The number of esters is 1. The molecule has 0 saturated carbocycles. The van der Waals surface area contributed by atoms with Crippen LogP contribution < -0.4 is 19.5 Å². The fourth-order valence-electron chi connectivity index (χ4n) is 2.47. The summed E-state index contributed by atoms with van der Waals surface area (Å²) in [5, 5.41) is 2.53. The predicted molar refractivity (Wildman–Crippen MR) is 99.4 cm³/mol. The fraction of sp³-hybridized carbons (Fsp3) is 0.300. The van der Waals surface area contributed by atoms with Crippen molar-refractivity contribution in [2.45, 2.75) is 13.5 Å². The second-order valence-electron chi connectivity index (χ2n) is 5.68. The van der Waals surface area contributed by atoms with Gasteiger partial charge in [0.25, 0.3) is 5.91 Å². The van der Waals surface area contributed by atoms with Crippen LogP contribution in [0.15, 0.2) is 36.4 Å². The zero-order valence-corrected chi connectivity index (χ0v) is 15.8. The molecule has 2 rings (SSSR count). The van der Waals surface area contributed by atoms with Crippen molar-refractivity contribution >= 4 is 11.9 Å². The lowest BCUT2D eigenvalue weighted by molar-refractivity contribution is -0.143. The molecule has 0 unspecified atom stereocenters. The molecular formula is C20H23NO6. The molecule has 0 radical (unpaired) electrons. The third-order valence-corrected chi connectivity index (χ3v) is 3.98. The monoisotopic (exact) mass is 373 g/mol. The van der Waals surface area contributed by atoms with E-state index in [1.165, 1.54) is 14.2 Å². The van der Waals surface area contributed by atoms with E-state index in [2.05, 4.69) is 5.32 Å². The van der Waals surface area contributed by atoms with Crippen LogP contribution in [0.4, 0.5) is 0 Å². The molecule has 0 aromatic heterocycles. The summed E-state index contributed by atoms with van der Waals surface area (Å²) >= 11 is 0. The van der Waals surface area contributed by atoms with Gasteiger partial charge in [-0.1, -0.05) is 12.1 Å². The Hall–Kier alpha value is -3.22. The summed E-state index contributed by atoms with van der Waals surface area (Å²) in [7, 11) is 4.57. The summed E-state index contributed by atoms with van der Waals surface area (Å²) < 4.78 is 20.9. The van der Waals surface area contributed by atoms with Crippen LogP contribution in [0.25, 0.3) is 0 Å². The van der Waals surface area contributed by atoms with Crippen molar-refractivity contribution in [3.63, 3.8) is 0 Å². The number of methoxy groups -OCH3 is 3. The first-order valence-electron chi connectivity index (χ1n) is 8.28. The minimum atomic E-state index is -0.549. The SMILES string of the molecule is COc1cc(C)c(COC(=O)CNC(=O)c2ccccc2OC)cc1OC. The molecule has 144 valence electrons. The number of carbonyl (C=O) groups is 2. The molecule has 2 aromatic rings. The molecule has 0 fully saturated rings. The Morgan fingerprint density at radius 3 is 2.22 bits per heavy atom. The van der Waals surface area contributed by atoms with E-state index in [1.54, 1.807) is 37.4 Å². The normalized spacial score (nSPS) is 10.1. The third-order valence-electron chi connectivity index (χ3n) is 3.98. The topological polar surface area (TPSA) is 83.1 Å². The Labute approximate surface area is 158 Å². The Bertz CT molecular complexity index is 818. The Balaban J connectivity index is 1.92. The molecule has 0 saturated heterocycles. The van der Waals surface area contributed by atoms with Gasteiger partial charge >= 0.3 is 5.97 Å². The van der Waals surface area contributed by atoms with E-state index in [-0.39, 0.29) is 13.2 Å². The van der Waals surface area contributed by atoms with Gasteiger partial charge in [0.15, 0.2) is 11.5 Å². The van der Waals surface area contributed by atoms with E-state index in [4.69, 9.17) is 18.9 Å². The maximum Gasteiger partial charge on any atom is 0.325 e. The molecule has 0 bridgehead atoms. The molecule has 1 amide bonds. The number of carbonyl (C=O) groups excluding carboxylic acids is 2. The van der Waals surface area contributed by atoms with Crippen LogP contribution in [0.1, 0.15) is 21.5 Å². The number of benzene rings is 2. The van der Waals surface area contributed by atoms with E-state index in [0.29, 0.717) is 22.8 Å². The highest BCUT2D eigenvalue weighted by Gasteiger charge is 2.14. The van der Waals surface area contributed by atoms with E-state index in [9.17, 15) is 9.59 Å². The molecule has 0 atom stereocenters. The van der Waals surface area contributed by atoms with E-state index < -0.39 is 11.9 Å². The van der Waals surface area contributed by atoms with Gasteiger partial charge in [-0.2, -0.15) is 0 Å². The lowest BCUT2D eigenvalue weighted by Crippen LogP contribution is -2.30. The van der Waals surface area contributed by atoms with Gasteiger partial charge < -0.3 is 24.3 Å². The van der Waals surface area contributed by atoms with Crippen molar-refractivity contribution in [1.82, 2.24) is 5.32 Å². The number of hydrogen-bond donors (Lipinski definition) is 1. The van der Waals surface area contributed by atoms with Crippen LogP contribution in [-0.4, -0.2) is 39.8 Å². The highest BCUT2D eigenvalue weighted by Crippen LogP contribution is 2.30. The molecule has 2 aromatic carbocycles. The summed E-state index contributed by atoms with van der Waals surface area (Å²) in [4.78, 5) is 24.2. The molecular weight excluding hydrogens is 350 g/mol. The second kappa shape index (κ2) is 9.47. The zero-order chi connectivity index (χ0) is 19.8. The smallest absolute Gasteiger partial charge is 0.325 e. The first-order chi connectivity index (χ1) is 13.0. The number of aryl methyl sites for hydroxylation is 1.